The summed E-state index contributed by atoms with van der Waals surface area (Å²) in [4.78, 5) is 16.4. The summed E-state index contributed by atoms with van der Waals surface area (Å²) >= 11 is 1.12. The van der Waals surface area contributed by atoms with Gasteiger partial charge in [0.15, 0.2) is 5.17 Å². The average Bonchev–Trinajstić information content (AvgIpc) is 2.90. The van der Waals surface area contributed by atoms with Gasteiger partial charge in [-0.15, -0.1) is 0 Å². The van der Waals surface area contributed by atoms with Crippen molar-refractivity contribution in [3.05, 3.63) is 60.7 Å². The monoisotopic (exact) mass is 332 g/mol. The van der Waals surface area contributed by atoms with E-state index in [-0.39, 0.29) is 15.8 Å². The molecule has 0 N–H and O–H groups in total. The third kappa shape index (κ3) is 2.77. The molecule has 2 aromatic rings. The molecular weight excluding hydrogens is 320 g/mol. The molecule has 0 atom stereocenters. The van der Waals surface area contributed by atoms with Crippen LogP contribution in [0.4, 0.5) is 5.69 Å². The summed E-state index contributed by atoms with van der Waals surface area (Å²) in [6.07, 6.45) is 0. The summed E-state index contributed by atoms with van der Waals surface area (Å²) in [5.41, 5.74) is 0.605. The Kier molecular flexibility index (Phi) is 4.00. The number of hydrogen-bond donors (Lipinski definition) is 0. The van der Waals surface area contributed by atoms with Gasteiger partial charge in [0.1, 0.15) is 0 Å². The van der Waals surface area contributed by atoms with Crippen LogP contribution < -0.4 is 0 Å². The smallest absolute Gasteiger partial charge is 0.272 e. The minimum absolute atomic E-state index is 0.0672. The van der Waals surface area contributed by atoms with Gasteiger partial charge in [0.25, 0.3) is 15.9 Å². The fourth-order valence-corrected chi connectivity index (χ4v) is 4.57. The van der Waals surface area contributed by atoms with Gasteiger partial charge in [-0.1, -0.05) is 48.2 Å². The third-order valence-electron chi connectivity index (χ3n) is 2.99. The first-order valence-electron chi connectivity index (χ1n) is 6.49. The zero-order valence-electron chi connectivity index (χ0n) is 11.4. The van der Waals surface area contributed by atoms with Crippen LogP contribution in [0, 0.1) is 0 Å². The van der Waals surface area contributed by atoms with Gasteiger partial charge in [-0.25, -0.2) is 13.4 Å². The number of carbonyl (C=O) groups excluding carboxylic acids is 1. The second-order valence-electron chi connectivity index (χ2n) is 4.49. The highest BCUT2D eigenvalue weighted by Crippen LogP contribution is 2.29. The van der Waals surface area contributed by atoms with Crippen LogP contribution in [0.5, 0.6) is 0 Å². The standard InChI is InChI=1S/C15H12N2O3S2/c18-14-11-21-15(16-12-7-3-1-4-8-12)17(14)22(19,20)13-9-5-2-6-10-13/h1-10H,11H2. The van der Waals surface area contributed by atoms with Gasteiger partial charge in [0, 0.05) is 0 Å². The van der Waals surface area contributed by atoms with E-state index < -0.39 is 15.9 Å². The summed E-state index contributed by atoms with van der Waals surface area (Å²) in [6, 6.07) is 16.8. The van der Waals surface area contributed by atoms with E-state index in [9.17, 15) is 13.2 Å². The maximum atomic E-state index is 12.7. The quantitative estimate of drug-likeness (QED) is 0.866. The number of hydrogen-bond acceptors (Lipinski definition) is 5. The van der Waals surface area contributed by atoms with E-state index in [0.717, 1.165) is 16.1 Å². The Morgan fingerprint density at radius 2 is 1.55 bits per heavy atom. The Hall–Kier alpha value is -2.12. The van der Waals surface area contributed by atoms with Crippen LogP contribution in [0.3, 0.4) is 0 Å². The van der Waals surface area contributed by atoms with Crippen molar-refractivity contribution in [1.29, 1.82) is 0 Å². The Balaban J connectivity index is 2.04. The molecule has 1 heterocycles. The molecule has 3 rings (SSSR count). The van der Waals surface area contributed by atoms with E-state index in [1.807, 2.05) is 6.07 Å². The Bertz CT molecular complexity index is 818. The number of rotatable bonds is 3. The Labute approximate surface area is 132 Å². The minimum Gasteiger partial charge on any atom is -0.272 e. The molecule has 1 aliphatic rings. The second kappa shape index (κ2) is 5.94. The molecule has 0 spiro atoms. The summed E-state index contributed by atoms with van der Waals surface area (Å²) in [6.45, 7) is 0. The number of nitrogens with zero attached hydrogens (tertiary/aromatic N) is 2. The molecule has 1 amide bonds. The molecule has 0 aromatic heterocycles. The van der Waals surface area contributed by atoms with Crippen molar-refractivity contribution in [3.8, 4) is 0 Å². The maximum Gasteiger partial charge on any atom is 0.272 e. The molecule has 5 nitrogen and oxygen atoms in total. The molecule has 2 aromatic carbocycles. The van der Waals surface area contributed by atoms with Gasteiger partial charge in [-0.05, 0) is 24.3 Å². The second-order valence-corrected chi connectivity index (χ2v) is 7.22. The van der Waals surface area contributed by atoms with Gasteiger partial charge >= 0.3 is 0 Å². The van der Waals surface area contributed by atoms with E-state index in [1.165, 1.54) is 12.1 Å². The summed E-state index contributed by atoms with van der Waals surface area (Å²) < 4.78 is 26.1. The highest BCUT2D eigenvalue weighted by Gasteiger charge is 2.39. The Morgan fingerprint density at radius 3 is 2.18 bits per heavy atom. The number of para-hydroxylation sites is 1. The lowest BCUT2D eigenvalue weighted by Gasteiger charge is -2.16. The number of sulfonamides is 1. The van der Waals surface area contributed by atoms with Crippen molar-refractivity contribution in [3.63, 3.8) is 0 Å². The lowest BCUT2D eigenvalue weighted by molar-refractivity contribution is -0.120. The van der Waals surface area contributed by atoms with Crippen molar-refractivity contribution in [1.82, 2.24) is 4.31 Å². The Morgan fingerprint density at radius 1 is 0.955 bits per heavy atom. The molecule has 112 valence electrons. The number of carbonyl (C=O) groups is 1. The van der Waals surface area contributed by atoms with E-state index in [2.05, 4.69) is 4.99 Å². The van der Waals surface area contributed by atoms with E-state index >= 15 is 0 Å². The first-order valence-corrected chi connectivity index (χ1v) is 8.91. The van der Waals surface area contributed by atoms with Crippen molar-refractivity contribution in [2.45, 2.75) is 4.90 Å². The van der Waals surface area contributed by atoms with Crippen LogP contribution in [0.15, 0.2) is 70.6 Å². The number of amides is 1. The van der Waals surface area contributed by atoms with Crippen LogP contribution in [0.1, 0.15) is 0 Å². The highest BCUT2D eigenvalue weighted by atomic mass is 32.2. The van der Waals surface area contributed by atoms with Gasteiger partial charge < -0.3 is 0 Å². The van der Waals surface area contributed by atoms with Crippen LogP contribution in [-0.2, 0) is 14.8 Å². The molecule has 0 saturated carbocycles. The van der Waals surface area contributed by atoms with Gasteiger partial charge in [0.05, 0.1) is 16.3 Å². The highest BCUT2D eigenvalue weighted by molar-refractivity contribution is 8.16. The number of aliphatic imine (C=N–C) groups is 1. The molecule has 7 heteroatoms. The molecule has 0 aliphatic carbocycles. The largest absolute Gasteiger partial charge is 0.272 e. The topological polar surface area (TPSA) is 66.8 Å². The van der Waals surface area contributed by atoms with E-state index in [0.29, 0.717) is 5.69 Å². The minimum atomic E-state index is -3.92. The zero-order valence-corrected chi connectivity index (χ0v) is 13.0. The summed E-state index contributed by atoms with van der Waals surface area (Å²) in [5, 5.41) is 0.181. The number of thioether (sulfide) groups is 1. The molecule has 1 fully saturated rings. The molecule has 0 unspecified atom stereocenters. The normalized spacial score (nSPS) is 17.2. The molecule has 1 saturated heterocycles. The van der Waals surface area contributed by atoms with Crippen molar-refractivity contribution in [2.75, 3.05) is 5.75 Å². The average molecular weight is 332 g/mol. The van der Waals surface area contributed by atoms with Crippen molar-refractivity contribution in [2.24, 2.45) is 4.99 Å². The predicted octanol–water partition coefficient (Wildman–Crippen LogP) is 2.64. The van der Waals surface area contributed by atoms with Crippen LogP contribution in [0.2, 0.25) is 0 Å². The first kappa shape index (κ1) is 14.8. The van der Waals surface area contributed by atoms with Crippen molar-refractivity contribution < 1.29 is 13.2 Å². The summed E-state index contributed by atoms with van der Waals surface area (Å²) in [5.74, 6) is -0.416. The van der Waals surface area contributed by atoms with Crippen molar-refractivity contribution >= 4 is 38.5 Å². The van der Waals surface area contributed by atoms with E-state index in [1.54, 1.807) is 42.5 Å². The molecule has 0 bridgehead atoms. The molecule has 0 radical (unpaired) electrons. The fourth-order valence-electron chi connectivity index (χ4n) is 1.98. The van der Waals surface area contributed by atoms with E-state index in [4.69, 9.17) is 0 Å². The number of benzene rings is 2. The maximum absolute atomic E-state index is 12.7. The fraction of sp³-hybridized carbons (Fsp3) is 0.0667. The third-order valence-corrected chi connectivity index (χ3v) is 5.75. The van der Waals surface area contributed by atoms with Crippen LogP contribution in [-0.4, -0.2) is 29.6 Å². The summed E-state index contributed by atoms with van der Waals surface area (Å²) in [7, 11) is -3.92. The molecule has 22 heavy (non-hydrogen) atoms. The van der Waals surface area contributed by atoms with Gasteiger partial charge in [-0.2, -0.15) is 4.31 Å². The van der Waals surface area contributed by atoms with Gasteiger partial charge in [0.2, 0.25) is 0 Å². The van der Waals surface area contributed by atoms with Crippen LogP contribution >= 0.6 is 11.8 Å². The lowest BCUT2D eigenvalue weighted by atomic mass is 10.3. The van der Waals surface area contributed by atoms with Gasteiger partial charge in [-0.3, -0.25) is 4.79 Å². The molecule has 1 aliphatic heterocycles. The molecular formula is C15H12N2O3S2. The predicted molar refractivity (Wildman–Crippen MR) is 86.5 cm³/mol. The van der Waals surface area contributed by atoms with Crippen LogP contribution in [0.25, 0.3) is 0 Å². The number of amidine groups is 1. The lowest BCUT2D eigenvalue weighted by Crippen LogP contribution is -2.35. The SMILES string of the molecule is O=C1CSC(=Nc2ccccc2)N1S(=O)(=O)c1ccccc1. The zero-order chi connectivity index (χ0) is 15.6. The first-order chi connectivity index (χ1) is 10.6.